The topological polar surface area (TPSA) is 15.3 Å². The highest BCUT2D eigenvalue weighted by Crippen LogP contribution is 2.16. The Morgan fingerprint density at radius 3 is 2.53 bits per heavy atom. The summed E-state index contributed by atoms with van der Waals surface area (Å²) < 4.78 is 0. The van der Waals surface area contributed by atoms with Crippen molar-refractivity contribution in [3.63, 3.8) is 0 Å². The van der Waals surface area contributed by atoms with Gasteiger partial charge in [0, 0.05) is 29.0 Å². The molecule has 2 nitrogen and oxygen atoms in total. The average Bonchev–Trinajstić information content (AvgIpc) is 2.80. The van der Waals surface area contributed by atoms with Crippen LogP contribution < -0.4 is 5.32 Å². The van der Waals surface area contributed by atoms with Crippen molar-refractivity contribution in [2.75, 3.05) is 13.6 Å². The van der Waals surface area contributed by atoms with Crippen LogP contribution in [0.1, 0.15) is 45.9 Å². The molecule has 1 N–H and O–H groups in total. The highest BCUT2D eigenvalue weighted by Gasteiger charge is 2.20. The van der Waals surface area contributed by atoms with E-state index in [9.17, 15) is 0 Å². The summed E-state index contributed by atoms with van der Waals surface area (Å²) in [4.78, 5) is 4.01. The van der Waals surface area contributed by atoms with Crippen LogP contribution in [0.3, 0.4) is 0 Å². The monoisotopic (exact) mass is 282 g/mol. The lowest BCUT2D eigenvalue weighted by molar-refractivity contribution is 0.166. The number of hydrogen-bond donors (Lipinski definition) is 1. The molecule has 0 aliphatic heterocycles. The van der Waals surface area contributed by atoms with Crippen LogP contribution in [0.25, 0.3) is 0 Å². The first-order chi connectivity index (χ1) is 8.83. The van der Waals surface area contributed by atoms with Gasteiger partial charge in [-0.1, -0.05) is 13.0 Å². The van der Waals surface area contributed by atoms with Crippen LogP contribution >= 0.6 is 11.3 Å². The standard InChI is InChI=1S/C16H30N2S/c1-7-14(12-17-16(3,4)5)18(6)13(2)11-15-9-8-10-19-15/h8-10,13-14,17H,7,11-12H2,1-6H3. The van der Waals surface area contributed by atoms with Gasteiger partial charge in [-0.25, -0.2) is 0 Å². The normalized spacial score (nSPS) is 15.7. The zero-order valence-corrected chi connectivity index (χ0v) is 14.2. The molecule has 2 atom stereocenters. The fraction of sp³-hybridized carbons (Fsp3) is 0.750. The van der Waals surface area contributed by atoms with Gasteiger partial charge in [0.2, 0.25) is 0 Å². The van der Waals surface area contributed by atoms with Crippen molar-refractivity contribution in [1.29, 1.82) is 0 Å². The first-order valence-electron chi connectivity index (χ1n) is 7.33. The molecule has 1 rings (SSSR count). The van der Waals surface area contributed by atoms with Gasteiger partial charge in [0.05, 0.1) is 0 Å². The molecule has 1 aromatic heterocycles. The van der Waals surface area contributed by atoms with Crippen LogP contribution in [0.5, 0.6) is 0 Å². The maximum atomic E-state index is 3.63. The molecule has 0 spiro atoms. The Kier molecular flexibility index (Phi) is 6.51. The van der Waals surface area contributed by atoms with Crippen LogP contribution in [0, 0.1) is 0 Å². The highest BCUT2D eigenvalue weighted by atomic mass is 32.1. The lowest BCUT2D eigenvalue weighted by Gasteiger charge is -2.35. The number of thiophene rings is 1. The first kappa shape index (κ1) is 16.7. The summed E-state index contributed by atoms with van der Waals surface area (Å²) in [5.74, 6) is 0. The predicted molar refractivity (Wildman–Crippen MR) is 87.1 cm³/mol. The summed E-state index contributed by atoms with van der Waals surface area (Å²) in [7, 11) is 2.26. The molecule has 0 aliphatic rings. The van der Waals surface area contributed by atoms with Crippen molar-refractivity contribution >= 4 is 11.3 Å². The molecule has 0 aromatic carbocycles. The second kappa shape index (κ2) is 7.41. The van der Waals surface area contributed by atoms with Gasteiger partial charge in [0.15, 0.2) is 0 Å². The summed E-state index contributed by atoms with van der Waals surface area (Å²) in [6, 6.07) is 5.58. The zero-order valence-electron chi connectivity index (χ0n) is 13.4. The third kappa shape index (κ3) is 6.07. The molecule has 0 radical (unpaired) electrons. The minimum absolute atomic E-state index is 0.200. The quantitative estimate of drug-likeness (QED) is 0.819. The van der Waals surface area contributed by atoms with E-state index in [2.05, 4.69) is 69.4 Å². The van der Waals surface area contributed by atoms with Crippen LogP contribution in [0.15, 0.2) is 17.5 Å². The Morgan fingerprint density at radius 2 is 2.05 bits per heavy atom. The smallest absolute Gasteiger partial charge is 0.0218 e. The Labute approximate surface area is 123 Å². The first-order valence-corrected chi connectivity index (χ1v) is 8.20. The average molecular weight is 282 g/mol. The van der Waals surface area contributed by atoms with Gasteiger partial charge in [0.1, 0.15) is 0 Å². The van der Waals surface area contributed by atoms with E-state index in [0.717, 1.165) is 13.0 Å². The molecular weight excluding hydrogens is 252 g/mol. The maximum absolute atomic E-state index is 3.63. The van der Waals surface area contributed by atoms with E-state index in [1.54, 1.807) is 0 Å². The molecule has 0 saturated carbocycles. The van der Waals surface area contributed by atoms with E-state index in [0.29, 0.717) is 12.1 Å². The molecule has 110 valence electrons. The summed E-state index contributed by atoms with van der Waals surface area (Å²) in [6.45, 7) is 12.4. The Morgan fingerprint density at radius 1 is 1.37 bits per heavy atom. The Hall–Kier alpha value is -0.380. The minimum atomic E-state index is 0.200. The van der Waals surface area contributed by atoms with E-state index >= 15 is 0 Å². The summed E-state index contributed by atoms with van der Waals surface area (Å²) in [5, 5.41) is 5.80. The number of nitrogens with one attached hydrogen (secondary N) is 1. The molecule has 0 aliphatic carbocycles. The van der Waals surface area contributed by atoms with Gasteiger partial charge < -0.3 is 5.32 Å². The third-order valence-electron chi connectivity index (χ3n) is 3.69. The number of rotatable bonds is 7. The molecule has 3 heteroatoms. The largest absolute Gasteiger partial charge is 0.311 e. The molecule has 1 heterocycles. The molecule has 0 fully saturated rings. The molecule has 0 amide bonds. The van der Waals surface area contributed by atoms with Crippen LogP contribution in [0.4, 0.5) is 0 Å². The molecular formula is C16H30N2S. The number of likely N-dealkylation sites (N-methyl/N-ethyl adjacent to an activating group) is 1. The van der Waals surface area contributed by atoms with Crippen molar-refractivity contribution in [3.05, 3.63) is 22.4 Å². The van der Waals surface area contributed by atoms with Crippen molar-refractivity contribution in [2.24, 2.45) is 0 Å². The SMILES string of the molecule is CCC(CNC(C)(C)C)N(C)C(C)Cc1cccs1. The summed E-state index contributed by atoms with van der Waals surface area (Å²) in [5.41, 5.74) is 0.200. The highest BCUT2D eigenvalue weighted by molar-refractivity contribution is 7.09. The molecule has 1 aromatic rings. The Balaban J connectivity index is 2.49. The van der Waals surface area contributed by atoms with Gasteiger partial charge >= 0.3 is 0 Å². The van der Waals surface area contributed by atoms with Crippen molar-refractivity contribution < 1.29 is 0 Å². The van der Waals surface area contributed by atoms with E-state index in [4.69, 9.17) is 0 Å². The van der Waals surface area contributed by atoms with E-state index in [1.807, 2.05) is 11.3 Å². The van der Waals surface area contributed by atoms with Crippen LogP contribution in [0.2, 0.25) is 0 Å². The van der Waals surface area contributed by atoms with Crippen molar-refractivity contribution in [1.82, 2.24) is 10.2 Å². The third-order valence-corrected chi connectivity index (χ3v) is 4.59. The molecule has 0 saturated heterocycles. The van der Waals surface area contributed by atoms with Gasteiger partial charge in [0.25, 0.3) is 0 Å². The lowest BCUT2D eigenvalue weighted by atomic mass is 10.1. The van der Waals surface area contributed by atoms with Crippen molar-refractivity contribution in [3.8, 4) is 0 Å². The number of nitrogens with zero attached hydrogens (tertiary/aromatic N) is 1. The van der Waals surface area contributed by atoms with Gasteiger partial charge in [-0.05, 0) is 59.0 Å². The fourth-order valence-electron chi connectivity index (χ4n) is 2.22. The van der Waals surface area contributed by atoms with Gasteiger partial charge in [-0.15, -0.1) is 11.3 Å². The summed E-state index contributed by atoms with van der Waals surface area (Å²) in [6.07, 6.45) is 2.34. The van der Waals surface area contributed by atoms with Gasteiger partial charge in [-0.3, -0.25) is 4.90 Å². The van der Waals surface area contributed by atoms with Crippen molar-refractivity contribution in [2.45, 2.75) is 65.1 Å². The minimum Gasteiger partial charge on any atom is -0.311 e. The van der Waals surface area contributed by atoms with E-state index < -0.39 is 0 Å². The van der Waals surface area contributed by atoms with Crippen LogP contribution in [-0.2, 0) is 6.42 Å². The second-order valence-corrected chi connectivity index (χ2v) is 7.52. The molecule has 0 bridgehead atoms. The molecule has 2 unspecified atom stereocenters. The fourth-order valence-corrected chi connectivity index (χ4v) is 3.05. The summed E-state index contributed by atoms with van der Waals surface area (Å²) >= 11 is 1.86. The maximum Gasteiger partial charge on any atom is 0.0218 e. The number of hydrogen-bond acceptors (Lipinski definition) is 3. The zero-order chi connectivity index (χ0) is 14.5. The second-order valence-electron chi connectivity index (χ2n) is 6.49. The van der Waals surface area contributed by atoms with Crippen LogP contribution in [-0.4, -0.2) is 36.1 Å². The predicted octanol–water partition coefficient (Wildman–Crippen LogP) is 3.78. The van der Waals surface area contributed by atoms with E-state index in [-0.39, 0.29) is 5.54 Å². The van der Waals surface area contributed by atoms with E-state index in [1.165, 1.54) is 11.3 Å². The lowest BCUT2D eigenvalue weighted by Crippen LogP contribution is -2.49. The Bertz CT molecular complexity index is 340. The molecule has 19 heavy (non-hydrogen) atoms. The van der Waals surface area contributed by atoms with Gasteiger partial charge in [-0.2, -0.15) is 0 Å².